The molecule has 0 aliphatic rings. The van der Waals surface area contributed by atoms with Gasteiger partial charge in [0.2, 0.25) is 0 Å². The third-order valence-electron chi connectivity index (χ3n) is 1.76. The van der Waals surface area contributed by atoms with Crippen LogP contribution in [0.4, 0.5) is 8.78 Å². The van der Waals surface area contributed by atoms with Gasteiger partial charge in [-0.15, -0.1) is 0 Å². The van der Waals surface area contributed by atoms with Crippen LogP contribution < -0.4 is 4.74 Å². The van der Waals surface area contributed by atoms with Crippen molar-refractivity contribution >= 4 is 15.9 Å². The summed E-state index contributed by atoms with van der Waals surface area (Å²) in [5.74, 6) is 0.229. The number of alkyl halides is 2. The highest BCUT2D eigenvalue weighted by Crippen LogP contribution is 2.30. The number of hydrogen-bond donors (Lipinski definition) is 0. The van der Waals surface area contributed by atoms with Gasteiger partial charge in [-0.2, -0.15) is 5.26 Å². The van der Waals surface area contributed by atoms with E-state index in [0.717, 1.165) is 0 Å². The number of halogens is 3. The first-order chi connectivity index (χ1) is 7.10. The molecule has 1 aromatic rings. The Labute approximate surface area is 93.8 Å². The first-order valence-corrected chi connectivity index (χ1v) is 4.77. The molecule has 0 spiro atoms. The molecule has 0 bridgehead atoms. The Morgan fingerprint density at radius 2 is 2.33 bits per heavy atom. The standard InChI is InChI=1S/C9H7BrF2N2O/c1-15-7-4-5(9(11)12)6(2-3-13)14-8(7)10/h4,9H,2H2,1H3. The van der Waals surface area contributed by atoms with Crippen LogP contribution in [-0.2, 0) is 6.42 Å². The molecular formula is C9H7BrF2N2O. The van der Waals surface area contributed by atoms with Crippen molar-refractivity contribution in [3.05, 3.63) is 21.9 Å². The van der Waals surface area contributed by atoms with Crippen LogP contribution in [0.2, 0.25) is 0 Å². The predicted molar refractivity (Wildman–Crippen MR) is 52.8 cm³/mol. The summed E-state index contributed by atoms with van der Waals surface area (Å²) in [6.45, 7) is 0. The Bertz CT molecular complexity index is 404. The Hall–Kier alpha value is -1.22. The normalized spacial score (nSPS) is 10.1. The number of methoxy groups -OCH3 is 1. The SMILES string of the molecule is COc1cc(C(F)F)c(CC#N)nc1Br. The van der Waals surface area contributed by atoms with Gasteiger partial charge in [0.05, 0.1) is 25.3 Å². The van der Waals surface area contributed by atoms with Crippen LogP contribution in [0, 0.1) is 11.3 Å². The van der Waals surface area contributed by atoms with Crippen molar-refractivity contribution in [2.75, 3.05) is 7.11 Å². The fraction of sp³-hybridized carbons (Fsp3) is 0.333. The summed E-state index contributed by atoms with van der Waals surface area (Å²) in [5.41, 5.74) is -0.197. The van der Waals surface area contributed by atoms with Gasteiger partial charge >= 0.3 is 0 Å². The van der Waals surface area contributed by atoms with E-state index in [9.17, 15) is 8.78 Å². The molecule has 0 N–H and O–H groups in total. The van der Waals surface area contributed by atoms with E-state index in [2.05, 4.69) is 20.9 Å². The second-order valence-corrected chi connectivity index (χ2v) is 3.40. The number of nitrogens with zero attached hydrogens (tertiary/aromatic N) is 2. The van der Waals surface area contributed by atoms with Crippen LogP contribution >= 0.6 is 15.9 Å². The molecule has 1 aromatic heterocycles. The molecule has 0 unspecified atom stereocenters. The molecule has 1 heterocycles. The molecule has 0 aromatic carbocycles. The molecule has 1 rings (SSSR count). The molecule has 0 radical (unpaired) electrons. The summed E-state index contributed by atoms with van der Waals surface area (Å²) in [6, 6.07) is 2.98. The lowest BCUT2D eigenvalue weighted by Gasteiger charge is -2.09. The minimum absolute atomic E-state index is 0.0696. The Morgan fingerprint density at radius 3 is 2.80 bits per heavy atom. The molecule has 15 heavy (non-hydrogen) atoms. The molecule has 0 saturated carbocycles. The zero-order chi connectivity index (χ0) is 11.4. The average Bonchev–Trinajstić information content (AvgIpc) is 2.18. The second kappa shape index (κ2) is 5.03. The maximum Gasteiger partial charge on any atom is 0.265 e. The van der Waals surface area contributed by atoms with Crippen molar-refractivity contribution in [3.63, 3.8) is 0 Å². The van der Waals surface area contributed by atoms with E-state index in [4.69, 9.17) is 10.00 Å². The zero-order valence-corrected chi connectivity index (χ0v) is 9.38. The predicted octanol–water partition coefficient (Wildman–Crippen LogP) is 2.86. The van der Waals surface area contributed by atoms with Gasteiger partial charge in [-0.3, -0.25) is 0 Å². The van der Waals surface area contributed by atoms with Crippen molar-refractivity contribution in [1.29, 1.82) is 5.26 Å². The number of aromatic nitrogens is 1. The van der Waals surface area contributed by atoms with Gasteiger partial charge in [0.25, 0.3) is 6.43 Å². The van der Waals surface area contributed by atoms with Gasteiger partial charge in [-0.25, -0.2) is 13.8 Å². The fourth-order valence-electron chi connectivity index (χ4n) is 1.07. The first kappa shape index (κ1) is 11.9. The van der Waals surface area contributed by atoms with Crippen LogP contribution in [0.1, 0.15) is 17.7 Å². The molecule has 6 heteroatoms. The summed E-state index contributed by atoms with van der Waals surface area (Å²) in [5, 5.41) is 8.46. The van der Waals surface area contributed by atoms with Crippen LogP contribution in [0.3, 0.4) is 0 Å². The highest BCUT2D eigenvalue weighted by atomic mass is 79.9. The van der Waals surface area contributed by atoms with E-state index in [1.54, 1.807) is 6.07 Å². The third-order valence-corrected chi connectivity index (χ3v) is 2.33. The van der Waals surface area contributed by atoms with E-state index in [0.29, 0.717) is 4.60 Å². The molecule has 3 nitrogen and oxygen atoms in total. The van der Waals surface area contributed by atoms with Gasteiger partial charge in [0.15, 0.2) is 5.75 Å². The molecule has 0 saturated heterocycles. The van der Waals surface area contributed by atoms with E-state index in [-0.39, 0.29) is 23.4 Å². The third kappa shape index (κ3) is 2.63. The minimum atomic E-state index is -2.66. The average molecular weight is 277 g/mol. The van der Waals surface area contributed by atoms with Gasteiger partial charge in [0.1, 0.15) is 4.60 Å². The second-order valence-electron chi connectivity index (χ2n) is 2.65. The van der Waals surface area contributed by atoms with Crippen LogP contribution in [0.5, 0.6) is 5.75 Å². The monoisotopic (exact) mass is 276 g/mol. The molecule has 80 valence electrons. The van der Waals surface area contributed by atoms with E-state index >= 15 is 0 Å². The molecule has 0 amide bonds. The van der Waals surface area contributed by atoms with Crippen LogP contribution in [-0.4, -0.2) is 12.1 Å². The van der Waals surface area contributed by atoms with Gasteiger partial charge < -0.3 is 4.74 Å². The lowest BCUT2D eigenvalue weighted by molar-refractivity contribution is 0.149. The molecule has 0 atom stereocenters. The topological polar surface area (TPSA) is 45.9 Å². The van der Waals surface area contributed by atoms with E-state index in [1.165, 1.54) is 13.2 Å². The van der Waals surface area contributed by atoms with Crippen LogP contribution in [0.25, 0.3) is 0 Å². The lowest BCUT2D eigenvalue weighted by Crippen LogP contribution is -2.00. The molecule has 0 aliphatic heterocycles. The van der Waals surface area contributed by atoms with Gasteiger partial charge in [-0.1, -0.05) is 0 Å². The number of ether oxygens (including phenoxy) is 1. The van der Waals surface area contributed by atoms with Crippen molar-refractivity contribution in [2.45, 2.75) is 12.8 Å². The Morgan fingerprint density at radius 1 is 1.67 bits per heavy atom. The summed E-state index contributed by atoms with van der Waals surface area (Å²) < 4.78 is 30.3. The Kier molecular flexibility index (Phi) is 3.97. The van der Waals surface area contributed by atoms with E-state index < -0.39 is 6.43 Å². The number of hydrogen-bond acceptors (Lipinski definition) is 3. The maximum absolute atomic E-state index is 12.6. The van der Waals surface area contributed by atoms with Crippen LogP contribution in [0.15, 0.2) is 10.7 Å². The fourth-order valence-corrected chi connectivity index (χ4v) is 1.56. The number of nitriles is 1. The minimum Gasteiger partial charge on any atom is -0.494 e. The summed E-state index contributed by atoms with van der Waals surface area (Å²) in [7, 11) is 1.36. The maximum atomic E-state index is 12.6. The quantitative estimate of drug-likeness (QED) is 0.798. The smallest absolute Gasteiger partial charge is 0.265 e. The molecule has 0 fully saturated rings. The highest BCUT2D eigenvalue weighted by molar-refractivity contribution is 9.10. The largest absolute Gasteiger partial charge is 0.494 e. The summed E-state index contributed by atoms with van der Waals surface area (Å²) >= 11 is 3.07. The zero-order valence-electron chi connectivity index (χ0n) is 7.80. The first-order valence-electron chi connectivity index (χ1n) is 3.98. The highest BCUT2D eigenvalue weighted by Gasteiger charge is 2.17. The van der Waals surface area contributed by atoms with Gasteiger partial charge in [0, 0.05) is 5.56 Å². The summed E-state index contributed by atoms with van der Waals surface area (Å²) in [6.07, 6.45) is -2.81. The van der Waals surface area contributed by atoms with Crippen molar-refractivity contribution in [3.8, 4) is 11.8 Å². The Balaban J connectivity index is 3.26. The van der Waals surface area contributed by atoms with Crippen molar-refractivity contribution in [1.82, 2.24) is 4.98 Å². The van der Waals surface area contributed by atoms with Crippen molar-refractivity contribution in [2.24, 2.45) is 0 Å². The molecule has 0 aliphatic carbocycles. The van der Waals surface area contributed by atoms with Gasteiger partial charge in [-0.05, 0) is 22.0 Å². The van der Waals surface area contributed by atoms with E-state index in [1.807, 2.05) is 0 Å². The number of rotatable bonds is 3. The van der Waals surface area contributed by atoms with Crippen molar-refractivity contribution < 1.29 is 13.5 Å². The molecular weight excluding hydrogens is 270 g/mol. The summed E-state index contributed by atoms with van der Waals surface area (Å²) in [4.78, 5) is 3.84. The lowest BCUT2D eigenvalue weighted by atomic mass is 10.1. The number of pyridine rings is 1.